The maximum absolute atomic E-state index is 4.73. The van der Waals surface area contributed by atoms with Gasteiger partial charge in [-0.2, -0.15) is 0 Å². The minimum Gasteiger partial charge on any atom is -1.00 e. The Morgan fingerprint density at radius 2 is 1.14 bits per heavy atom. The molecule has 2 aliphatic heterocycles. The van der Waals surface area contributed by atoms with Crippen molar-refractivity contribution in [3.05, 3.63) is 77.2 Å². The Hall–Kier alpha value is -2.12. The van der Waals surface area contributed by atoms with Crippen LogP contribution in [0, 0.1) is 0 Å². The van der Waals surface area contributed by atoms with E-state index in [0.717, 1.165) is 22.8 Å². The number of halogens is 2. The minimum atomic E-state index is 0. The van der Waals surface area contributed by atoms with Crippen LogP contribution in [-0.2, 0) is 16.8 Å². The van der Waals surface area contributed by atoms with Crippen LogP contribution >= 0.6 is 0 Å². The normalized spacial score (nSPS) is 23.0. The Labute approximate surface area is 192 Å². The summed E-state index contributed by atoms with van der Waals surface area (Å²) in [6.45, 7) is 4.14. The number of hydrogen-bond donors (Lipinski definition) is 0. The fourth-order valence-electron chi connectivity index (χ4n) is 3.32. The maximum Gasteiger partial charge on any atom is 2.00 e. The van der Waals surface area contributed by atoms with Gasteiger partial charge in [0.2, 0.25) is 0 Å². The van der Waals surface area contributed by atoms with E-state index in [-0.39, 0.29) is 53.7 Å². The molecule has 0 saturated heterocycles. The van der Waals surface area contributed by atoms with Crippen LogP contribution in [0.2, 0.25) is 0 Å². The number of aromatic nitrogens is 1. The van der Waals surface area contributed by atoms with Crippen LogP contribution in [0.4, 0.5) is 0 Å². The summed E-state index contributed by atoms with van der Waals surface area (Å²) >= 11 is 0. The van der Waals surface area contributed by atoms with Gasteiger partial charge in [0.25, 0.3) is 0 Å². The smallest absolute Gasteiger partial charge is 1.00 e. The first kappa shape index (κ1) is 23.2. The molecule has 5 rings (SSSR count). The minimum absolute atomic E-state index is 0. The average Bonchev–Trinajstić information content (AvgIpc) is 3.25. The molecule has 1 radical (unpaired) electrons. The summed E-state index contributed by atoms with van der Waals surface area (Å²) < 4.78 is 0. The number of nitrogens with zero attached hydrogens (tertiary/aromatic N) is 5. The molecule has 4 aliphatic rings. The van der Waals surface area contributed by atoms with E-state index in [0.29, 0.717) is 11.7 Å². The quantitative estimate of drug-likeness (QED) is 0.464. The summed E-state index contributed by atoms with van der Waals surface area (Å²) in [4.78, 5) is 23.4. The number of rotatable bonds is 2. The molecule has 1 aromatic rings. The third-order valence-corrected chi connectivity index (χ3v) is 4.68. The second-order valence-corrected chi connectivity index (χ2v) is 6.76. The molecule has 2 unspecified atom stereocenters. The summed E-state index contributed by atoms with van der Waals surface area (Å²) in [6.07, 6.45) is 12.4. The predicted molar refractivity (Wildman–Crippen MR) is 106 cm³/mol. The molecule has 0 fully saturated rings. The fraction of sp³-hybridized carbons (Fsp3) is 0.190. The molecule has 29 heavy (non-hydrogen) atoms. The van der Waals surface area contributed by atoms with E-state index in [1.54, 1.807) is 0 Å². The van der Waals surface area contributed by atoms with Crippen molar-refractivity contribution in [1.29, 1.82) is 0 Å². The molecule has 0 N–H and O–H groups in total. The maximum atomic E-state index is 4.73. The Bertz CT molecular complexity index is 995. The van der Waals surface area contributed by atoms with Crippen LogP contribution in [0.5, 0.6) is 0 Å². The van der Waals surface area contributed by atoms with Gasteiger partial charge in [-0.1, -0.05) is 41.5 Å². The summed E-state index contributed by atoms with van der Waals surface area (Å²) in [5.74, 6) is 1.34. The molecule has 5 nitrogen and oxygen atoms in total. The Balaban J connectivity index is 0.000001000. The van der Waals surface area contributed by atoms with Gasteiger partial charge in [-0.15, -0.1) is 0 Å². The summed E-state index contributed by atoms with van der Waals surface area (Å²) in [5.41, 5.74) is 5.85. The van der Waals surface area contributed by atoms with Gasteiger partial charge in [0, 0.05) is 0 Å². The zero-order valence-corrected chi connectivity index (χ0v) is 18.2. The van der Waals surface area contributed by atoms with E-state index in [1.165, 1.54) is 11.1 Å². The summed E-state index contributed by atoms with van der Waals surface area (Å²) in [5, 5.41) is 0. The van der Waals surface area contributed by atoms with Crippen molar-refractivity contribution in [2.75, 3.05) is 0 Å². The van der Waals surface area contributed by atoms with Crippen LogP contribution < -0.4 is 24.8 Å². The van der Waals surface area contributed by atoms with Gasteiger partial charge in [-0.3, -0.25) is 9.98 Å². The number of pyridine rings is 1. The standard InChI is InChI=1S/C21H17N5.2ClH.Co/c1-12-6-8-14-18(10-12)25-20(23-14)16-4-3-5-17(22-16)21-24-15-9-7-13(2)11-19(15)26-21;;;/h3-11,18-19H,1-2H3;2*1H;/q;;;+2/p-2. The van der Waals surface area contributed by atoms with Crippen LogP contribution in [0.3, 0.4) is 0 Å². The average molecular weight is 469 g/mol. The van der Waals surface area contributed by atoms with E-state index in [9.17, 15) is 0 Å². The molecule has 1 aromatic heterocycles. The van der Waals surface area contributed by atoms with Crippen molar-refractivity contribution in [2.45, 2.75) is 25.9 Å². The number of amidine groups is 2. The molecular weight excluding hydrogens is 452 g/mol. The van der Waals surface area contributed by atoms with Crippen molar-refractivity contribution in [2.24, 2.45) is 20.0 Å². The van der Waals surface area contributed by atoms with Gasteiger partial charge in [0.05, 0.1) is 11.4 Å². The third-order valence-electron chi connectivity index (χ3n) is 4.68. The zero-order valence-electron chi connectivity index (χ0n) is 15.7. The number of fused-ring (bicyclic) bond motifs is 2. The van der Waals surface area contributed by atoms with Gasteiger partial charge in [0.1, 0.15) is 23.5 Å². The summed E-state index contributed by atoms with van der Waals surface area (Å²) in [6, 6.07) is 5.84. The van der Waals surface area contributed by atoms with Crippen molar-refractivity contribution in [1.82, 2.24) is 4.98 Å². The first-order valence-electron chi connectivity index (χ1n) is 8.69. The van der Waals surface area contributed by atoms with Crippen molar-refractivity contribution in [3.63, 3.8) is 0 Å². The van der Waals surface area contributed by atoms with Gasteiger partial charge < -0.3 is 24.8 Å². The van der Waals surface area contributed by atoms with Crippen LogP contribution in [0.1, 0.15) is 25.2 Å². The molecule has 8 heteroatoms. The van der Waals surface area contributed by atoms with E-state index in [2.05, 4.69) is 48.1 Å². The molecule has 149 valence electrons. The van der Waals surface area contributed by atoms with Gasteiger partial charge in [-0.25, -0.2) is 15.0 Å². The summed E-state index contributed by atoms with van der Waals surface area (Å²) in [7, 11) is 0. The second kappa shape index (κ2) is 9.13. The molecule has 0 bridgehead atoms. The third kappa shape index (κ3) is 4.40. The Morgan fingerprint density at radius 1 is 0.690 bits per heavy atom. The molecule has 3 heterocycles. The first-order valence-corrected chi connectivity index (χ1v) is 8.69. The van der Waals surface area contributed by atoms with Crippen molar-refractivity contribution < 1.29 is 41.6 Å². The second-order valence-electron chi connectivity index (χ2n) is 6.76. The molecule has 0 amide bonds. The van der Waals surface area contributed by atoms with Crippen LogP contribution in [-0.4, -0.2) is 40.2 Å². The SMILES string of the molecule is CC1=CC2N=C(c3cccc(C4=NC5C=C(C)C=CC5=N4)n3)N=C2C=C1.[Cl-].[Cl-].[Co+2]. The molecule has 2 aliphatic carbocycles. The number of allylic oxidation sites excluding steroid dienone is 4. The topological polar surface area (TPSA) is 62.3 Å². The molecule has 0 spiro atoms. The number of aliphatic imine (C=N–C) groups is 4. The zero-order chi connectivity index (χ0) is 17.7. The predicted octanol–water partition coefficient (Wildman–Crippen LogP) is -2.74. The van der Waals surface area contributed by atoms with E-state index in [4.69, 9.17) is 15.0 Å². The van der Waals surface area contributed by atoms with Gasteiger partial charge in [-0.05, 0) is 38.1 Å². The van der Waals surface area contributed by atoms with E-state index >= 15 is 0 Å². The van der Waals surface area contributed by atoms with Crippen molar-refractivity contribution in [3.8, 4) is 0 Å². The fourth-order valence-corrected chi connectivity index (χ4v) is 3.32. The van der Waals surface area contributed by atoms with Crippen LogP contribution in [0.25, 0.3) is 0 Å². The van der Waals surface area contributed by atoms with Crippen molar-refractivity contribution >= 4 is 23.1 Å². The van der Waals surface area contributed by atoms with Crippen LogP contribution in [0.15, 0.2) is 85.8 Å². The Morgan fingerprint density at radius 3 is 1.59 bits per heavy atom. The van der Waals surface area contributed by atoms with Gasteiger partial charge in [0.15, 0.2) is 11.7 Å². The molecule has 0 saturated carbocycles. The number of hydrogen-bond acceptors (Lipinski definition) is 5. The largest absolute Gasteiger partial charge is 2.00 e. The molecule has 2 atom stereocenters. The van der Waals surface area contributed by atoms with Gasteiger partial charge >= 0.3 is 16.8 Å². The Kier molecular flexibility index (Phi) is 7.29. The first-order chi connectivity index (χ1) is 12.7. The van der Waals surface area contributed by atoms with E-state index in [1.807, 2.05) is 30.4 Å². The monoisotopic (exact) mass is 468 g/mol. The molecule has 0 aromatic carbocycles. The van der Waals surface area contributed by atoms with E-state index < -0.39 is 0 Å². The molecular formula is C21H17Cl2CoN5.